The Morgan fingerprint density at radius 1 is 1.54 bits per heavy atom. The van der Waals surface area contributed by atoms with Gasteiger partial charge in [-0.2, -0.15) is 0 Å². The van der Waals surface area contributed by atoms with E-state index >= 15 is 0 Å². The van der Waals surface area contributed by atoms with Gasteiger partial charge in [-0.15, -0.1) is 0 Å². The molecule has 0 amide bonds. The van der Waals surface area contributed by atoms with Crippen LogP contribution in [0.3, 0.4) is 0 Å². The van der Waals surface area contributed by atoms with Crippen LogP contribution in [0.25, 0.3) is 0 Å². The molecule has 3 heteroatoms. The average molecular weight is 263 g/mol. The normalized spacial score (nSPS) is 12.9. The quantitative estimate of drug-likeness (QED) is 0.874. The van der Waals surface area contributed by atoms with Gasteiger partial charge in [0.15, 0.2) is 0 Å². The highest BCUT2D eigenvalue weighted by atomic mass is 79.9. The minimum atomic E-state index is 0.301. The summed E-state index contributed by atoms with van der Waals surface area (Å²) in [5.74, 6) is 0. The van der Waals surface area contributed by atoms with Gasteiger partial charge in [-0.1, -0.05) is 34.5 Å². The fraction of sp³-hybridized carbons (Fsp3) is 0.400. The zero-order valence-corrected chi connectivity index (χ0v) is 10.1. The van der Waals surface area contributed by atoms with E-state index in [1.807, 2.05) is 12.1 Å². The summed E-state index contributed by atoms with van der Waals surface area (Å²) >= 11 is 9.50. The van der Waals surface area contributed by atoms with Gasteiger partial charge in [0.2, 0.25) is 0 Å². The van der Waals surface area contributed by atoms with Crippen molar-refractivity contribution in [1.82, 2.24) is 5.32 Å². The molecule has 0 saturated heterocycles. The van der Waals surface area contributed by atoms with Crippen LogP contribution in [0, 0.1) is 0 Å². The Balaban J connectivity index is 2.91. The Kier molecular flexibility index (Phi) is 4.23. The lowest BCUT2D eigenvalue weighted by molar-refractivity contribution is 0.598. The molecule has 0 aromatic heterocycles. The van der Waals surface area contributed by atoms with Gasteiger partial charge in [-0.05, 0) is 37.2 Å². The first-order valence-corrected chi connectivity index (χ1v) is 5.50. The molecule has 0 spiro atoms. The van der Waals surface area contributed by atoms with Gasteiger partial charge in [0.1, 0.15) is 0 Å². The van der Waals surface area contributed by atoms with E-state index in [1.165, 1.54) is 0 Å². The minimum Gasteiger partial charge on any atom is -0.310 e. The fourth-order valence-electron chi connectivity index (χ4n) is 1.26. The second-order valence-electron chi connectivity index (χ2n) is 2.95. The number of nitrogens with one attached hydrogen (secondary N) is 1. The third kappa shape index (κ3) is 2.97. The van der Waals surface area contributed by atoms with E-state index in [2.05, 4.69) is 41.2 Å². The van der Waals surface area contributed by atoms with Crippen LogP contribution >= 0.6 is 27.5 Å². The summed E-state index contributed by atoms with van der Waals surface area (Å²) in [5.41, 5.74) is 1.14. The highest BCUT2D eigenvalue weighted by molar-refractivity contribution is 9.10. The van der Waals surface area contributed by atoms with Crippen LogP contribution in [0.2, 0.25) is 5.02 Å². The Morgan fingerprint density at radius 3 is 2.85 bits per heavy atom. The molecule has 0 aliphatic rings. The summed E-state index contributed by atoms with van der Waals surface area (Å²) in [5, 5.41) is 4.14. The highest BCUT2D eigenvalue weighted by Gasteiger charge is 2.08. The maximum atomic E-state index is 6.07. The topological polar surface area (TPSA) is 12.0 Å². The molecule has 0 radical (unpaired) electrons. The van der Waals surface area contributed by atoms with E-state index in [0.717, 1.165) is 21.6 Å². The molecule has 1 unspecified atom stereocenters. The highest BCUT2D eigenvalue weighted by Crippen LogP contribution is 2.26. The van der Waals surface area contributed by atoms with Crippen LogP contribution in [0.5, 0.6) is 0 Å². The van der Waals surface area contributed by atoms with Crippen molar-refractivity contribution >= 4 is 27.5 Å². The van der Waals surface area contributed by atoms with Crippen molar-refractivity contribution in [2.75, 3.05) is 6.54 Å². The summed E-state index contributed by atoms with van der Waals surface area (Å²) in [6, 6.07) is 6.21. The smallest absolute Gasteiger partial charge is 0.0454 e. The molecule has 13 heavy (non-hydrogen) atoms. The predicted molar refractivity (Wildman–Crippen MR) is 61.2 cm³/mol. The largest absolute Gasteiger partial charge is 0.310 e. The Bertz CT molecular complexity index is 288. The number of hydrogen-bond donors (Lipinski definition) is 1. The lowest BCUT2D eigenvalue weighted by Crippen LogP contribution is -2.17. The van der Waals surface area contributed by atoms with Crippen molar-refractivity contribution in [3.8, 4) is 0 Å². The standard InChI is InChI=1S/C10H13BrClN/c1-3-13-7(2)9-6-8(11)4-5-10(9)12/h4-7,13H,3H2,1-2H3. The van der Waals surface area contributed by atoms with Crippen molar-refractivity contribution in [2.45, 2.75) is 19.9 Å². The maximum Gasteiger partial charge on any atom is 0.0454 e. The number of hydrogen-bond acceptors (Lipinski definition) is 1. The molecule has 0 saturated carbocycles. The van der Waals surface area contributed by atoms with E-state index in [1.54, 1.807) is 0 Å². The van der Waals surface area contributed by atoms with E-state index in [-0.39, 0.29) is 0 Å². The van der Waals surface area contributed by atoms with Gasteiger partial charge in [0, 0.05) is 15.5 Å². The summed E-state index contributed by atoms with van der Waals surface area (Å²) in [6.45, 7) is 5.14. The number of halogens is 2. The zero-order chi connectivity index (χ0) is 9.84. The second kappa shape index (κ2) is 4.99. The van der Waals surface area contributed by atoms with Crippen LogP contribution in [-0.4, -0.2) is 6.54 Å². The first-order chi connectivity index (χ1) is 6.15. The van der Waals surface area contributed by atoms with Gasteiger partial charge in [-0.3, -0.25) is 0 Å². The minimum absolute atomic E-state index is 0.301. The SMILES string of the molecule is CCNC(C)c1cc(Br)ccc1Cl. The molecule has 1 rings (SSSR count). The van der Waals surface area contributed by atoms with Gasteiger partial charge in [0.25, 0.3) is 0 Å². The fourth-order valence-corrected chi connectivity index (χ4v) is 1.92. The molecule has 1 atom stereocenters. The van der Waals surface area contributed by atoms with Crippen molar-refractivity contribution in [3.05, 3.63) is 33.3 Å². The van der Waals surface area contributed by atoms with Crippen LogP contribution in [-0.2, 0) is 0 Å². The lowest BCUT2D eigenvalue weighted by Gasteiger charge is -2.14. The van der Waals surface area contributed by atoms with Crippen LogP contribution in [0.15, 0.2) is 22.7 Å². The summed E-state index contributed by atoms with van der Waals surface area (Å²) in [6.07, 6.45) is 0. The first kappa shape index (κ1) is 11.0. The molecule has 0 heterocycles. The van der Waals surface area contributed by atoms with Crippen LogP contribution < -0.4 is 5.32 Å². The molecule has 1 aromatic carbocycles. The first-order valence-electron chi connectivity index (χ1n) is 4.33. The van der Waals surface area contributed by atoms with E-state index in [4.69, 9.17) is 11.6 Å². The Morgan fingerprint density at radius 2 is 2.23 bits per heavy atom. The Labute approximate surface area is 92.6 Å². The monoisotopic (exact) mass is 261 g/mol. The van der Waals surface area contributed by atoms with E-state index < -0.39 is 0 Å². The van der Waals surface area contributed by atoms with Crippen molar-refractivity contribution in [3.63, 3.8) is 0 Å². The van der Waals surface area contributed by atoms with E-state index in [9.17, 15) is 0 Å². The average Bonchev–Trinajstić information content (AvgIpc) is 2.09. The molecule has 1 N–H and O–H groups in total. The molecule has 0 fully saturated rings. The molecule has 0 aliphatic carbocycles. The van der Waals surface area contributed by atoms with Gasteiger partial charge < -0.3 is 5.32 Å². The summed E-state index contributed by atoms with van der Waals surface area (Å²) < 4.78 is 1.07. The number of benzene rings is 1. The molecule has 0 aliphatic heterocycles. The van der Waals surface area contributed by atoms with Crippen LogP contribution in [0.1, 0.15) is 25.5 Å². The molecular formula is C10H13BrClN. The molecule has 0 bridgehead atoms. The predicted octanol–water partition coefficient (Wildman–Crippen LogP) is 3.77. The van der Waals surface area contributed by atoms with Crippen LogP contribution in [0.4, 0.5) is 0 Å². The number of rotatable bonds is 3. The maximum absolute atomic E-state index is 6.07. The summed E-state index contributed by atoms with van der Waals surface area (Å²) in [4.78, 5) is 0. The molecule has 72 valence electrons. The van der Waals surface area contributed by atoms with Gasteiger partial charge in [-0.25, -0.2) is 0 Å². The van der Waals surface area contributed by atoms with E-state index in [0.29, 0.717) is 6.04 Å². The summed E-state index contributed by atoms with van der Waals surface area (Å²) in [7, 11) is 0. The zero-order valence-electron chi connectivity index (χ0n) is 7.77. The molecular weight excluding hydrogens is 249 g/mol. The third-order valence-electron chi connectivity index (χ3n) is 1.93. The van der Waals surface area contributed by atoms with Crippen molar-refractivity contribution in [2.24, 2.45) is 0 Å². The molecule has 1 nitrogen and oxygen atoms in total. The molecule has 1 aromatic rings. The van der Waals surface area contributed by atoms with Crippen molar-refractivity contribution in [1.29, 1.82) is 0 Å². The van der Waals surface area contributed by atoms with Crippen molar-refractivity contribution < 1.29 is 0 Å². The Hall–Kier alpha value is -0.0500. The van der Waals surface area contributed by atoms with Gasteiger partial charge in [0.05, 0.1) is 0 Å². The third-order valence-corrected chi connectivity index (χ3v) is 2.77. The second-order valence-corrected chi connectivity index (χ2v) is 4.27. The van der Waals surface area contributed by atoms with Gasteiger partial charge >= 0.3 is 0 Å². The lowest BCUT2D eigenvalue weighted by atomic mass is 10.1.